The van der Waals surface area contributed by atoms with Crippen LogP contribution in [0.15, 0.2) is 48.5 Å². The van der Waals surface area contributed by atoms with Crippen LogP contribution in [0.5, 0.6) is 0 Å². The van der Waals surface area contributed by atoms with Crippen molar-refractivity contribution in [1.29, 1.82) is 0 Å². The van der Waals surface area contributed by atoms with Crippen LogP contribution in [-0.2, 0) is 11.2 Å². The van der Waals surface area contributed by atoms with Crippen LogP contribution in [-0.4, -0.2) is 37.3 Å². The van der Waals surface area contributed by atoms with Crippen LogP contribution in [0.4, 0.5) is 11.4 Å². The topological polar surface area (TPSA) is 64.6 Å². The van der Waals surface area contributed by atoms with Crippen LogP contribution in [0.2, 0.25) is 0 Å². The summed E-state index contributed by atoms with van der Waals surface area (Å²) in [6.07, 6.45) is 5.98. The number of fused-ring (bicyclic) bond motifs is 1. The number of hydrogen-bond donors (Lipinski definition) is 3. The van der Waals surface area contributed by atoms with Crippen LogP contribution >= 0.6 is 12.4 Å². The SMILES string of the molecule is CNC[C@@H](O)[C@H](c1ccccc1)N1CCc2cc(NC(=O)C3CCCCC3)ccc21.Cl. The molecule has 1 saturated carbocycles. The Morgan fingerprint density at radius 3 is 2.58 bits per heavy atom. The summed E-state index contributed by atoms with van der Waals surface area (Å²) in [5, 5.41) is 17.2. The van der Waals surface area contributed by atoms with Crippen molar-refractivity contribution >= 4 is 29.7 Å². The lowest BCUT2D eigenvalue weighted by Crippen LogP contribution is -2.40. The molecule has 3 N–H and O–H groups in total. The van der Waals surface area contributed by atoms with Gasteiger partial charge in [0.05, 0.1) is 12.1 Å². The average molecular weight is 444 g/mol. The number of likely N-dealkylation sites (N-methyl/N-ethyl adjacent to an activating group) is 1. The summed E-state index contributed by atoms with van der Waals surface area (Å²) < 4.78 is 0. The Bertz CT molecular complexity index is 855. The lowest BCUT2D eigenvalue weighted by Gasteiger charge is -2.34. The number of anilines is 2. The van der Waals surface area contributed by atoms with Crippen LogP contribution < -0.4 is 15.5 Å². The highest BCUT2D eigenvalue weighted by molar-refractivity contribution is 5.93. The minimum atomic E-state index is -0.519. The fourth-order valence-electron chi connectivity index (χ4n) is 4.98. The number of aliphatic hydroxyl groups is 1. The molecule has 2 atom stereocenters. The van der Waals surface area contributed by atoms with Gasteiger partial charge in [-0.3, -0.25) is 4.79 Å². The number of carbonyl (C=O) groups is 1. The molecular formula is C25H34ClN3O2. The first-order chi connectivity index (χ1) is 14.7. The van der Waals surface area contributed by atoms with E-state index in [4.69, 9.17) is 0 Å². The number of carbonyl (C=O) groups excluding carboxylic acids is 1. The summed E-state index contributed by atoms with van der Waals surface area (Å²) in [5.74, 6) is 0.318. The Hall–Kier alpha value is -2.08. The lowest BCUT2D eigenvalue weighted by atomic mass is 9.88. The molecule has 4 rings (SSSR count). The van der Waals surface area contributed by atoms with E-state index in [2.05, 4.69) is 39.8 Å². The Labute approximate surface area is 191 Å². The molecule has 31 heavy (non-hydrogen) atoms. The second kappa shape index (κ2) is 11.0. The summed E-state index contributed by atoms with van der Waals surface area (Å²) in [4.78, 5) is 14.9. The number of amides is 1. The van der Waals surface area contributed by atoms with Crippen LogP contribution in [0.25, 0.3) is 0 Å². The van der Waals surface area contributed by atoms with E-state index in [0.29, 0.717) is 6.54 Å². The number of nitrogens with zero attached hydrogens (tertiary/aromatic N) is 1. The van der Waals surface area contributed by atoms with E-state index in [0.717, 1.165) is 55.6 Å². The van der Waals surface area contributed by atoms with Crippen molar-refractivity contribution in [2.24, 2.45) is 5.92 Å². The first kappa shape index (κ1) is 23.6. The van der Waals surface area contributed by atoms with Crippen LogP contribution in [0.3, 0.4) is 0 Å². The van der Waals surface area contributed by atoms with Crippen LogP contribution in [0.1, 0.15) is 49.3 Å². The molecule has 168 valence electrons. The first-order valence-corrected chi connectivity index (χ1v) is 11.3. The molecule has 2 aromatic rings. The number of rotatable bonds is 7. The normalized spacial score (nSPS) is 18.1. The Kier molecular flexibility index (Phi) is 8.35. The van der Waals surface area contributed by atoms with E-state index in [9.17, 15) is 9.90 Å². The van der Waals surface area contributed by atoms with Gasteiger partial charge in [-0.05, 0) is 55.6 Å². The average Bonchev–Trinajstić information content (AvgIpc) is 3.18. The van der Waals surface area contributed by atoms with Crippen molar-refractivity contribution in [3.8, 4) is 0 Å². The first-order valence-electron chi connectivity index (χ1n) is 11.3. The molecule has 0 bridgehead atoms. The third-order valence-electron chi connectivity index (χ3n) is 6.51. The second-order valence-corrected chi connectivity index (χ2v) is 8.59. The second-order valence-electron chi connectivity index (χ2n) is 8.59. The molecule has 5 nitrogen and oxygen atoms in total. The molecule has 1 aliphatic heterocycles. The molecule has 0 spiro atoms. The molecule has 0 saturated heterocycles. The van der Waals surface area contributed by atoms with E-state index >= 15 is 0 Å². The van der Waals surface area contributed by atoms with Gasteiger partial charge in [-0.2, -0.15) is 0 Å². The standard InChI is InChI=1S/C25H33N3O2.ClH/c1-26-17-23(29)24(18-8-4-2-5-9-18)28-15-14-20-16-21(12-13-22(20)28)27-25(30)19-10-6-3-7-11-19;/h2,4-5,8-9,12-13,16,19,23-24,26,29H,3,6-7,10-11,14-15,17H2,1H3,(H,27,30);1H/t23-,24+;/m1./s1. The highest BCUT2D eigenvalue weighted by Gasteiger charge is 2.32. The van der Waals surface area contributed by atoms with E-state index in [1.807, 2.05) is 31.3 Å². The van der Waals surface area contributed by atoms with Gasteiger partial charge in [0.2, 0.25) is 5.91 Å². The number of benzene rings is 2. The Balaban J connectivity index is 0.00000272. The zero-order valence-electron chi connectivity index (χ0n) is 18.2. The zero-order valence-corrected chi connectivity index (χ0v) is 19.0. The highest BCUT2D eigenvalue weighted by atomic mass is 35.5. The number of halogens is 1. The molecule has 2 aromatic carbocycles. The molecule has 6 heteroatoms. The third kappa shape index (κ3) is 5.40. The Morgan fingerprint density at radius 1 is 1.13 bits per heavy atom. The number of nitrogens with one attached hydrogen (secondary N) is 2. The van der Waals surface area contributed by atoms with Gasteiger partial charge in [-0.1, -0.05) is 49.6 Å². The van der Waals surface area contributed by atoms with Crippen molar-refractivity contribution in [1.82, 2.24) is 5.32 Å². The van der Waals surface area contributed by atoms with E-state index in [1.54, 1.807) is 0 Å². The maximum absolute atomic E-state index is 12.6. The van der Waals surface area contributed by atoms with E-state index in [1.165, 1.54) is 12.0 Å². The highest BCUT2D eigenvalue weighted by Crippen LogP contribution is 2.38. The molecule has 1 fully saturated rings. The van der Waals surface area contributed by atoms with Gasteiger partial charge in [-0.15, -0.1) is 12.4 Å². The van der Waals surface area contributed by atoms with Gasteiger partial charge in [0.15, 0.2) is 0 Å². The van der Waals surface area contributed by atoms with Crippen molar-refractivity contribution in [2.75, 3.05) is 30.4 Å². The largest absolute Gasteiger partial charge is 0.389 e. The molecule has 1 heterocycles. The lowest BCUT2D eigenvalue weighted by molar-refractivity contribution is -0.120. The van der Waals surface area contributed by atoms with Crippen molar-refractivity contribution in [3.63, 3.8) is 0 Å². The molecule has 0 unspecified atom stereocenters. The van der Waals surface area contributed by atoms with Gasteiger partial charge in [0, 0.05) is 30.4 Å². The predicted molar refractivity (Wildman–Crippen MR) is 129 cm³/mol. The minimum absolute atomic E-state index is 0. The van der Waals surface area contributed by atoms with Crippen molar-refractivity contribution in [3.05, 3.63) is 59.7 Å². The fourth-order valence-corrected chi connectivity index (χ4v) is 4.98. The summed E-state index contributed by atoms with van der Waals surface area (Å²) in [6, 6.07) is 16.3. The van der Waals surface area contributed by atoms with Crippen molar-refractivity contribution < 1.29 is 9.90 Å². The number of hydrogen-bond acceptors (Lipinski definition) is 4. The third-order valence-corrected chi connectivity index (χ3v) is 6.51. The monoisotopic (exact) mass is 443 g/mol. The molecule has 1 aliphatic carbocycles. The maximum Gasteiger partial charge on any atom is 0.227 e. The number of aliphatic hydroxyl groups excluding tert-OH is 1. The maximum atomic E-state index is 12.6. The Morgan fingerprint density at radius 2 is 1.87 bits per heavy atom. The molecule has 0 aromatic heterocycles. The van der Waals surface area contributed by atoms with E-state index < -0.39 is 6.10 Å². The molecule has 1 amide bonds. The summed E-state index contributed by atoms with van der Waals surface area (Å²) >= 11 is 0. The zero-order chi connectivity index (χ0) is 20.9. The summed E-state index contributed by atoms with van der Waals surface area (Å²) in [5.41, 5.74) is 4.38. The summed E-state index contributed by atoms with van der Waals surface area (Å²) in [6.45, 7) is 1.39. The van der Waals surface area contributed by atoms with Crippen LogP contribution in [0, 0.1) is 5.92 Å². The smallest absolute Gasteiger partial charge is 0.227 e. The van der Waals surface area contributed by atoms with Gasteiger partial charge < -0.3 is 20.6 Å². The quantitative estimate of drug-likeness (QED) is 0.596. The molecular weight excluding hydrogens is 410 g/mol. The van der Waals surface area contributed by atoms with E-state index in [-0.39, 0.29) is 30.3 Å². The van der Waals surface area contributed by atoms with Gasteiger partial charge in [-0.25, -0.2) is 0 Å². The minimum Gasteiger partial charge on any atom is -0.389 e. The fraction of sp³-hybridized carbons (Fsp3) is 0.480. The predicted octanol–water partition coefficient (Wildman–Crippen LogP) is 4.31. The van der Waals surface area contributed by atoms with Crippen molar-refractivity contribution in [2.45, 2.75) is 50.7 Å². The van der Waals surface area contributed by atoms with Gasteiger partial charge >= 0.3 is 0 Å². The van der Waals surface area contributed by atoms with Gasteiger partial charge in [0.1, 0.15) is 0 Å². The van der Waals surface area contributed by atoms with Gasteiger partial charge in [0.25, 0.3) is 0 Å². The summed E-state index contributed by atoms with van der Waals surface area (Å²) in [7, 11) is 1.87. The molecule has 2 aliphatic rings. The molecule has 0 radical (unpaired) electrons.